The first kappa shape index (κ1) is 29.1. The molecule has 0 saturated heterocycles. The third-order valence-electron chi connectivity index (χ3n) is 5.16. The summed E-state index contributed by atoms with van der Waals surface area (Å²) in [5.41, 5.74) is 1.08. The summed E-state index contributed by atoms with van der Waals surface area (Å²) in [5, 5.41) is 10.0. The lowest BCUT2D eigenvalue weighted by Crippen LogP contribution is -2.35. The summed E-state index contributed by atoms with van der Waals surface area (Å²) in [6, 6.07) is 14.5. The Morgan fingerprint density at radius 2 is 1.15 bits per heavy atom. The molecule has 0 aliphatic heterocycles. The van der Waals surface area contributed by atoms with Crippen molar-refractivity contribution in [3.05, 3.63) is 60.2 Å². The van der Waals surface area contributed by atoms with E-state index in [2.05, 4.69) is 6.92 Å². The Bertz CT molecular complexity index is 725. The van der Waals surface area contributed by atoms with Gasteiger partial charge in [-0.1, -0.05) is 87.9 Å². The van der Waals surface area contributed by atoms with Gasteiger partial charge in [0.2, 0.25) is 0 Å². The molecule has 0 bridgehead atoms. The van der Waals surface area contributed by atoms with Crippen LogP contribution in [0.5, 0.6) is 0 Å². The van der Waals surface area contributed by atoms with E-state index in [0.717, 1.165) is 36.1 Å². The van der Waals surface area contributed by atoms with Gasteiger partial charge in [0.1, 0.15) is 0 Å². The molecule has 2 rings (SSSR count). The van der Waals surface area contributed by atoms with Crippen LogP contribution in [0.2, 0.25) is 0 Å². The molecule has 0 aromatic heterocycles. The number of ether oxygens (including phenoxy) is 2. The van der Waals surface area contributed by atoms with Crippen LogP contribution in [0, 0.1) is 0 Å². The SMILES string of the molecule is CCCCCCCCCC(O)(OCC)OCC.FC(F)(F)c1ccc(-c2ccccc2)cc1. The molecule has 1 N–H and O–H groups in total. The van der Waals surface area contributed by atoms with E-state index in [-0.39, 0.29) is 0 Å². The van der Waals surface area contributed by atoms with E-state index in [1.807, 2.05) is 44.2 Å². The van der Waals surface area contributed by atoms with Crippen molar-refractivity contribution in [1.82, 2.24) is 0 Å². The highest BCUT2D eigenvalue weighted by atomic mass is 19.4. The summed E-state index contributed by atoms with van der Waals surface area (Å²) in [6.45, 7) is 6.92. The Hall–Kier alpha value is -1.89. The van der Waals surface area contributed by atoms with E-state index in [1.165, 1.54) is 44.2 Å². The molecule has 186 valence electrons. The first-order valence-electron chi connectivity index (χ1n) is 12.0. The molecule has 6 heteroatoms. The predicted octanol–water partition coefficient (Wildman–Crippen LogP) is 8.22. The van der Waals surface area contributed by atoms with Gasteiger partial charge in [0.15, 0.2) is 0 Å². The topological polar surface area (TPSA) is 38.7 Å². The molecule has 0 aliphatic carbocycles. The maximum Gasteiger partial charge on any atom is 0.416 e. The summed E-state index contributed by atoms with van der Waals surface area (Å²) in [4.78, 5) is 0. The summed E-state index contributed by atoms with van der Waals surface area (Å²) >= 11 is 0. The van der Waals surface area contributed by atoms with Gasteiger partial charge >= 0.3 is 6.18 Å². The van der Waals surface area contributed by atoms with Crippen molar-refractivity contribution in [1.29, 1.82) is 0 Å². The molecule has 0 spiro atoms. The Morgan fingerprint density at radius 3 is 1.64 bits per heavy atom. The number of unbranched alkanes of at least 4 members (excludes halogenated alkanes) is 6. The number of aliphatic hydroxyl groups is 1. The van der Waals surface area contributed by atoms with Crippen molar-refractivity contribution < 1.29 is 27.8 Å². The Labute approximate surface area is 196 Å². The van der Waals surface area contributed by atoms with Crippen LogP contribution in [0.15, 0.2) is 54.6 Å². The van der Waals surface area contributed by atoms with Crippen molar-refractivity contribution in [2.24, 2.45) is 0 Å². The molecule has 2 aromatic rings. The average Bonchev–Trinajstić information content (AvgIpc) is 2.79. The minimum absolute atomic E-state index is 0.479. The molecular weight excluding hydrogens is 429 g/mol. The normalized spacial score (nSPS) is 11.7. The highest BCUT2D eigenvalue weighted by Crippen LogP contribution is 2.30. The molecule has 33 heavy (non-hydrogen) atoms. The monoisotopic (exact) mass is 468 g/mol. The maximum absolute atomic E-state index is 12.3. The molecule has 2 aromatic carbocycles. The molecule has 0 amide bonds. The predicted molar refractivity (Wildman–Crippen MR) is 128 cm³/mol. The van der Waals surface area contributed by atoms with Crippen molar-refractivity contribution in [3.63, 3.8) is 0 Å². The van der Waals surface area contributed by atoms with Gasteiger partial charge in [-0.25, -0.2) is 0 Å². The quantitative estimate of drug-likeness (QED) is 0.238. The number of rotatable bonds is 13. The number of benzene rings is 2. The second-order valence-electron chi connectivity index (χ2n) is 7.89. The van der Waals surface area contributed by atoms with Gasteiger partial charge in [0.25, 0.3) is 5.97 Å². The Balaban J connectivity index is 0.000000330. The van der Waals surface area contributed by atoms with E-state index in [0.29, 0.717) is 19.6 Å². The smallest absolute Gasteiger partial charge is 0.343 e. The van der Waals surface area contributed by atoms with Crippen LogP contribution in [0.3, 0.4) is 0 Å². The number of halogens is 3. The zero-order valence-corrected chi connectivity index (χ0v) is 20.2. The molecule has 0 radical (unpaired) electrons. The van der Waals surface area contributed by atoms with E-state index in [1.54, 1.807) is 0 Å². The van der Waals surface area contributed by atoms with Crippen LogP contribution in [-0.4, -0.2) is 24.3 Å². The first-order chi connectivity index (χ1) is 15.8. The molecule has 0 fully saturated rings. The average molecular weight is 469 g/mol. The lowest BCUT2D eigenvalue weighted by atomic mass is 10.0. The molecular formula is C27H39F3O3. The summed E-state index contributed by atoms with van der Waals surface area (Å²) in [7, 11) is 0. The van der Waals surface area contributed by atoms with E-state index in [4.69, 9.17) is 9.47 Å². The maximum atomic E-state index is 12.3. The number of hydrogen-bond donors (Lipinski definition) is 1. The molecule has 0 atom stereocenters. The second-order valence-corrected chi connectivity index (χ2v) is 7.89. The van der Waals surface area contributed by atoms with Crippen LogP contribution in [-0.2, 0) is 15.7 Å². The van der Waals surface area contributed by atoms with Crippen LogP contribution in [0.1, 0.15) is 77.7 Å². The molecule has 0 saturated carbocycles. The molecule has 0 unspecified atom stereocenters. The number of hydrogen-bond acceptors (Lipinski definition) is 3. The van der Waals surface area contributed by atoms with Gasteiger partial charge in [-0.15, -0.1) is 0 Å². The Morgan fingerprint density at radius 1 is 0.667 bits per heavy atom. The minimum Gasteiger partial charge on any atom is -0.343 e. The molecule has 0 heterocycles. The van der Waals surface area contributed by atoms with Crippen molar-refractivity contribution >= 4 is 0 Å². The van der Waals surface area contributed by atoms with E-state index >= 15 is 0 Å². The van der Waals surface area contributed by atoms with Gasteiger partial charge in [0, 0.05) is 19.6 Å². The van der Waals surface area contributed by atoms with Gasteiger partial charge in [-0.3, -0.25) is 0 Å². The lowest BCUT2D eigenvalue weighted by Gasteiger charge is -2.26. The lowest BCUT2D eigenvalue weighted by molar-refractivity contribution is -0.360. The Kier molecular flexibility index (Phi) is 14.0. The van der Waals surface area contributed by atoms with Gasteiger partial charge in [-0.2, -0.15) is 13.2 Å². The third kappa shape index (κ3) is 12.2. The van der Waals surface area contributed by atoms with Crippen LogP contribution >= 0.6 is 0 Å². The van der Waals surface area contributed by atoms with E-state index in [9.17, 15) is 18.3 Å². The molecule has 3 nitrogen and oxygen atoms in total. The van der Waals surface area contributed by atoms with Crippen molar-refractivity contribution in [3.8, 4) is 11.1 Å². The second kappa shape index (κ2) is 15.9. The van der Waals surface area contributed by atoms with Crippen molar-refractivity contribution in [2.45, 2.75) is 84.3 Å². The van der Waals surface area contributed by atoms with Gasteiger partial charge < -0.3 is 14.6 Å². The van der Waals surface area contributed by atoms with E-state index < -0.39 is 17.7 Å². The first-order valence-corrected chi connectivity index (χ1v) is 12.0. The summed E-state index contributed by atoms with van der Waals surface area (Å²) in [5.74, 6) is -1.35. The summed E-state index contributed by atoms with van der Waals surface area (Å²) in [6.07, 6.45) is 4.91. The third-order valence-corrected chi connectivity index (χ3v) is 5.16. The fourth-order valence-corrected chi connectivity index (χ4v) is 3.42. The summed E-state index contributed by atoms with van der Waals surface area (Å²) < 4.78 is 47.5. The van der Waals surface area contributed by atoms with Crippen molar-refractivity contribution in [2.75, 3.05) is 13.2 Å². The fraction of sp³-hybridized carbons (Fsp3) is 0.556. The molecule has 0 aliphatic rings. The largest absolute Gasteiger partial charge is 0.416 e. The minimum atomic E-state index is -4.27. The van der Waals surface area contributed by atoms with Gasteiger partial charge in [-0.05, 0) is 43.5 Å². The van der Waals surface area contributed by atoms with Crippen LogP contribution in [0.4, 0.5) is 13.2 Å². The zero-order valence-electron chi connectivity index (χ0n) is 20.2. The zero-order chi connectivity index (χ0) is 24.6. The van der Waals surface area contributed by atoms with Crippen LogP contribution < -0.4 is 0 Å². The van der Waals surface area contributed by atoms with Crippen LogP contribution in [0.25, 0.3) is 11.1 Å². The van der Waals surface area contributed by atoms with Gasteiger partial charge in [0.05, 0.1) is 5.56 Å². The standard InChI is InChI=1S/C14H30O3.C13H9F3/c1-4-7-8-9-10-11-12-13-14(15,16-5-2)17-6-3;14-13(15,16)12-8-6-11(7-9-12)10-4-2-1-3-5-10/h15H,4-13H2,1-3H3;1-9H. The number of alkyl halides is 3. The fourth-order valence-electron chi connectivity index (χ4n) is 3.42. The highest BCUT2D eigenvalue weighted by molar-refractivity contribution is 5.63. The highest BCUT2D eigenvalue weighted by Gasteiger charge is 2.30.